The fourth-order valence-electron chi connectivity index (χ4n) is 11.6. The van der Waals surface area contributed by atoms with Gasteiger partial charge in [0.05, 0.1) is 11.2 Å². The summed E-state index contributed by atoms with van der Waals surface area (Å²) in [6.07, 6.45) is 5.89. The number of pyridine rings is 1. The van der Waals surface area contributed by atoms with Crippen LogP contribution in [0.25, 0.3) is 83.4 Å². The van der Waals surface area contributed by atoms with Gasteiger partial charge in [0.2, 0.25) is 0 Å². The fourth-order valence-corrected chi connectivity index (χ4v) is 11.6. The Balaban J connectivity index is 0.00000493. The molecule has 0 amide bonds. The van der Waals surface area contributed by atoms with Crippen LogP contribution in [0.2, 0.25) is 0 Å². The molecule has 0 N–H and O–H groups in total. The summed E-state index contributed by atoms with van der Waals surface area (Å²) in [4.78, 5) is 9.96. The van der Waals surface area contributed by atoms with E-state index in [0.717, 1.165) is 95.0 Å². The zero-order valence-electron chi connectivity index (χ0n) is 40.1. The van der Waals surface area contributed by atoms with E-state index in [9.17, 15) is 0 Å². The van der Waals surface area contributed by atoms with Crippen LogP contribution in [0.15, 0.2) is 206 Å². The van der Waals surface area contributed by atoms with Gasteiger partial charge in [0.25, 0.3) is 6.33 Å². The first-order valence-corrected chi connectivity index (χ1v) is 24.6. The van der Waals surface area contributed by atoms with E-state index in [2.05, 4.69) is 257 Å². The maximum Gasteiger partial charge on any atom is 0.407 e. The summed E-state index contributed by atoms with van der Waals surface area (Å²) < 4.78 is 13.8. The molecule has 7 nitrogen and oxygen atoms in total. The van der Waals surface area contributed by atoms with Crippen molar-refractivity contribution in [3.05, 3.63) is 230 Å². The molecule has 350 valence electrons. The summed E-state index contributed by atoms with van der Waals surface area (Å²) in [5.74, 6) is 1.99. The van der Waals surface area contributed by atoms with Crippen molar-refractivity contribution in [3.63, 3.8) is 0 Å². The van der Waals surface area contributed by atoms with E-state index < -0.39 is 0 Å². The maximum absolute atomic E-state index is 7.12. The zero-order valence-corrected chi connectivity index (χ0v) is 42.4. The minimum absolute atomic E-state index is 0. The van der Waals surface area contributed by atoms with E-state index in [1.807, 2.05) is 12.3 Å². The van der Waals surface area contributed by atoms with Gasteiger partial charge in [0.1, 0.15) is 11.3 Å². The van der Waals surface area contributed by atoms with Gasteiger partial charge >= 0.3 is 6.98 Å². The molecule has 3 aliphatic rings. The summed E-state index contributed by atoms with van der Waals surface area (Å²) in [7, 11) is 0. The van der Waals surface area contributed by atoms with Gasteiger partial charge in [-0.25, -0.2) is 4.98 Å². The normalized spacial score (nSPS) is 12.9. The summed E-state index contributed by atoms with van der Waals surface area (Å²) in [5.41, 5.74) is 19.5. The van der Waals surface area contributed by atoms with Crippen molar-refractivity contribution in [2.45, 2.75) is 26.2 Å². The third-order valence-electron chi connectivity index (χ3n) is 14.8. The van der Waals surface area contributed by atoms with Crippen molar-refractivity contribution in [2.24, 2.45) is 0 Å². The van der Waals surface area contributed by atoms with Gasteiger partial charge in [0, 0.05) is 61.2 Å². The first-order chi connectivity index (χ1) is 35.4. The van der Waals surface area contributed by atoms with E-state index in [0.29, 0.717) is 11.5 Å². The van der Waals surface area contributed by atoms with Crippen molar-refractivity contribution in [2.75, 3.05) is 9.62 Å². The average molecular weight is 1120 g/mol. The van der Waals surface area contributed by atoms with Crippen LogP contribution in [-0.4, -0.2) is 21.1 Å². The Bertz CT molecular complexity index is 4160. The summed E-state index contributed by atoms with van der Waals surface area (Å²) in [6, 6.07) is 79.0. The molecule has 9 aromatic carbocycles. The molecule has 73 heavy (non-hydrogen) atoms. The summed E-state index contributed by atoms with van der Waals surface area (Å²) >= 11 is 0. The number of hydrogen-bond donors (Lipinski definition) is 0. The Kier molecular flexibility index (Phi) is 9.67. The zero-order chi connectivity index (χ0) is 47.8. The largest absolute Gasteiger partial charge is 0.510 e. The molecule has 3 aliphatic heterocycles. The number of nitrogens with zero attached hydrogens (tertiary/aromatic N) is 6. The number of anilines is 4. The van der Waals surface area contributed by atoms with Gasteiger partial charge in [-0.15, -0.1) is 29.7 Å². The first kappa shape index (κ1) is 43.4. The van der Waals surface area contributed by atoms with E-state index in [4.69, 9.17) is 9.72 Å². The van der Waals surface area contributed by atoms with E-state index in [1.165, 1.54) is 22.2 Å². The second-order valence-corrected chi connectivity index (χ2v) is 20.0. The monoisotopic (exact) mass is 1120 g/mol. The number of para-hydroxylation sites is 4. The molecule has 0 fully saturated rings. The summed E-state index contributed by atoms with van der Waals surface area (Å²) in [5, 5.41) is 2.21. The van der Waals surface area contributed by atoms with Gasteiger partial charge in [-0.1, -0.05) is 184 Å². The molecular weight excluding hydrogens is 1070 g/mol. The number of hydrogen-bond acceptors (Lipinski definition) is 4. The fraction of sp³-hybridized carbons (Fsp3) is 0.0625. The standard InChI is InChI=1S/C64H43BN6O.Pt/c1-64(2,3)43-34-35-66-60(36-43)69-53-28-14-11-24-50(53)51-33-32-44(37-57(51)69)72-45-38-58-63-59(39-45)70-54-29-15-12-23-49(54)48-22-10-13-27-52(48)65(70)71(63)56-31-17-30-55-62(56)68(58)40-67(55)61-46(41-18-6-4-7-19-41)25-16-26-47(61)42-20-8-5-9-21-42;/h4-36,39H,1-3H3;/q-2;. The minimum atomic E-state index is -0.192. The third kappa shape index (κ3) is 6.43. The van der Waals surface area contributed by atoms with Crippen LogP contribution in [0, 0.1) is 18.5 Å². The predicted molar refractivity (Wildman–Crippen MR) is 291 cm³/mol. The molecule has 0 radical (unpaired) electrons. The molecule has 0 atom stereocenters. The number of aromatic nitrogens is 4. The van der Waals surface area contributed by atoms with Gasteiger partial charge in [-0.3, -0.25) is 4.57 Å². The van der Waals surface area contributed by atoms with Crippen molar-refractivity contribution < 1.29 is 30.4 Å². The number of fused-ring (bicyclic) bond motifs is 13. The van der Waals surface area contributed by atoms with Crippen LogP contribution >= 0.6 is 0 Å². The molecule has 0 aliphatic carbocycles. The molecule has 0 saturated carbocycles. The van der Waals surface area contributed by atoms with Crippen LogP contribution in [0.1, 0.15) is 26.3 Å². The summed E-state index contributed by atoms with van der Waals surface area (Å²) in [6.45, 7) is 6.51. The Hall–Kier alpha value is -8.45. The maximum atomic E-state index is 7.12. The van der Waals surface area contributed by atoms with Crippen molar-refractivity contribution in [3.8, 4) is 62.1 Å². The number of ether oxygens (including phenoxy) is 1. The van der Waals surface area contributed by atoms with Crippen molar-refractivity contribution in [1.82, 2.24) is 14.1 Å². The Morgan fingerprint density at radius 3 is 2.01 bits per heavy atom. The van der Waals surface area contributed by atoms with Gasteiger partial charge < -0.3 is 23.5 Å². The SMILES string of the molecule is CC(C)(C)c1ccnc(-n2c3[c-]c(Oc4[c-]c5c6c(c4)N4B(c7ccccc7-c7ccccc74)N6c4cccc6c4n-5[c-][n+]6-c4c(-c5ccccc5)cccc4-c4ccccc4)ccc3c3ccccc32)c1.[Pt]. The van der Waals surface area contributed by atoms with Crippen LogP contribution in [0.5, 0.6) is 11.5 Å². The van der Waals surface area contributed by atoms with E-state index >= 15 is 0 Å². The third-order valence-corrected chi connectivity index (χ3v) is 14.8. The molecule has 0 spiro atoms. The number of rotatable bonds is 6. The van der Waals surface area contributed by atoms with Crippen LogP contribution in [0.4, 0.5) is 22.7 Å². The van der Waals surface area contributed by atoms with Gasteiger partial charge in [0.15, 0.2) is 0 Å². The molecule has 0 unspecified atom stereocenters. The molecule has 0 bridgehead atoms. The predicted octanol–water partition coefficient (Wildman–Crippen LogP) is 14.2. The molecule has 12 aromatic rings. The van der Waals surface area contributed by atoms with Crippen LogP contribution in [-0.2, 0) is 26.5 Å². The molecule has 9 heteroatoms. The average Bonchev–Trinajstić information content (AvgIpc) is 4.10. The molecule has 6 heterocycles. The second-order valence-electron chi connectivity index (χ2n) is 20.0. The molecule has 0 saturated heterocycles. The Labute approximate surface area is 438 Å². The number of benzene rings is 9. The van der Waals surface area contributed by atoms with Crippen molar-refractivity contribution in [1.29, 1.82) is 0 Å². The Morgan fingerprint density at radius 1 is 0.562 bits per heavy atom. The second kappa shape index (κ2) is 16.3. The van der Waals surface area contributed by atoms with Gasteiger partial charge in [-0.05, 0) is 91.4 Å². The quantitative estimate of drug-likeness (QED) is 0.0945. The van der Waals surface area contributed by atoms with Crippen molar-refractivity contribution >= 4 is 68.0 Å². The van der Waals surface area contributed by atoms with E-state index in [1.54, 1.807) is 0 Å². The number of imidazole rings is 1. The smallest absolute Gasteiger partial charge is 0.407 e. The van der Waals surface area contributed by atoms with E-state index in [-0.39, 0.29) is 33.5 Å². The van der Waals surface area contributed by atoms with Crippen LogP contribution < -0.4 is 24.4 Å². The van der Waals surface area contributed by atoms with Crippen LogP contribution in [0.3, 0.4) is 0 Å². The first-order valence-electron chi connectivity index (χ1n) is 24.6. The minimum Gasteiger partial charge on any atom is -0.510 e. The molecule has 3 aromatic heterocycles. The Morgan fingerprint density at radius 2 is 1.23 bits per heavy atom. The topological polar surface area (TPSA) is 42.3 Å². The molecular formula is C64H43BN6OPt-2. The molecule has 15 rings (SSSR count). The van der Waals surface area contributed by atoms with Gasteiger partial charge in [-0.2, -0.15) is 6.07 Å².